The molecule has 0 saturated heterocycles. The van der Waals surface area contributed by atoms with Gasteiger partial charge in [-0.2, -0.15) is 5.10 Å². The van der Waals surface area contributed by atoms with Gasteiger partial charge in [0.25, 0.3) is 0 Å². The Bertz CT molecular complexity index is 933. The van der Waals surface area contributed by atoms with Gasteiger partial charge in [-0.3, -0.25) is 14.5 Å². The molecule has 0 fully saturated rings. The summed E-state index contributed by atoms with van der Waals surface area (Å²) in [5, 5.41) is 12.5. The van der Waals surface area contributed by atoms with Gasteiger partial charge in [0.15, 0.2) is 10.6 Å². The molecule has 5 nitrogen and oxygen atoms in total. The van der Waals surface area contributed by atoms with Crippen molar-refractivity contribution in [3.63, 3.8) is 0 Å². The lowest BCUT2D eigenvalue weighted by atomic mass is 10.2. The van der Waals surface area contributed by atoms with Crippen LogP contribution < -0.4 is 5.32 Å². The number of carbonyl (C=O) groups is 1. The summed E-state index contributed by atoms with van der Waals surface area (Å²) < 4.78 is 2.07. The minimum absolute atomic E-state index is 0.233. The van der Waals surface area contributed by atoms with Crippen molar-refractivity contribution in [1.29, 1.82) is 0 Å². The van der Waals surface area contributed by atoms with Crippen LogP contribution in [-0.2, 0) is 4.79 Å². The molecule has 1 atom stereocenters. The van der Waals surface area contributed by atoms with E-state index in [0.29, 0.717) is 26.3 Å². The van der Waals surface area contributed by atoms with E-state index in [1.807, 2.05) is 17.5 Å². The summed E-state index contributed by atoms with van der Waals surface area (Å²) in [5.41, 5.74) is 0.564. The van der Waals surface area contributed by atoms with Crippen LogP contribution in [-0.4, -0.2) is 20.7 Å². The monoisotopic (exact) mass is 398 g/mol. The van der Waals surface area contributed by atoms with Gasteiger partial charge in [0.1, 0.15) is 6.04 Å². The lowest BCUT2D eigenvalue weighted by molar-refractivity contribution is -0.118. The largest absolute Gasteiger partial charge is 0.324 e. The number of H-pyrrole nitrogens is 1. The number of halogens is 2. The Labute approximate surface area is 157 Å². The Morgan fingerprint density at radius 2 is 2.17 bits per heavy atom. The molecule has 2 aromatic heterocycles. The average molecular weight is 399 g/mol. The summed E-state index contributed by atoms with van der Waals surface area (Å²) in [4.78, 5) is 13.5. The van der Waals surface area contributed by atoms with Gasteiger partial charge in [0.2, 0.25) is 5.91 Å². The third-order valence-electron chi connectivity index (χ3n) is 3.40. The first-order valence-corrected chi connectivity index (χ1v) is 8.98. The van der Waals surface area contributed by atoms with E-state index in [4.69, 9.17) is 35.4 Å². The zero-order chi connectivity index (χ0) is 17.3. The predicted molar refractivity (Wildman–Crippen MR) is 101 cm³/mol. The van der Waals surface area contributed by atoms with Crippen molar-refractivity contribution in [3.05, 3.63) is 50.5 Å². The maximum Gasteiger partial charge on any atom is 0.247 e. The molecule has 1 amide bonds. The molecule has 3 rings (SSSR count). The van der Waals surface area contributed by atoms with Gasteiger partial charge in [0.05, 0.1) is 14.9 Å². The van der Waals surface area contributed by atoms with Crippen LogP contribution in [0, 0.1) is 4.77 Å². The van der Waals surface area contributed by atoms with Gasteiger partial charge >= 0.3 is 0 Å². The minimum atomic E-state index is -0.553. The number of nitrogens with zero attached hydrogens (tertiary/aromatic N) is 2. The first-order valence-electron chi connectivity index (χ1n) is 6.94. The maximum atomic E-state index is 12.6. The Morgan fingerprint density at radius 3 is 2.83 bits per heavy atom. The third kappa shape index (κ3) is 3.39. The van der Waals surface area contributed by atoms with Gasteiger partial charge in [-0.1, -0.05) is 29.3 Å². The molecular formula is C15H12Cl2N4OS2. The first kappa shape index (κ1) is 17.2. The predicted octanol–water partition coefficient (Wildman–Crippen LogP) is 5.18. The topological polar surface area (TPSA) is 62.7 Å². The number of nitrogens with one attached hydrogen (secondary N) is 2. The molecule has 0 radical (unpaired) electrons. The van der Waals surface area contributed by atoms with Gasteiger partial charge < -0.3 is 5.32 Å². The highest BCUT2D eigenvalue weighted by Crippen LogP contribution is 2.28. The van der Waals surface area contributed by atoms with Crippen molar-refractivity contribution < 1.29 is 4.79 Å². The van der Waals surface area contributed by atoms with Crippen LogP contribution in [0.4, 0.5) is 5.69 Å². The van der Waals surface area contributed by atoms with Crippen LogP contribution in [0.3, 0.4) is 0 Å². The normalized spacial score (nSPS) is 12.1. The fourth-order valence-electron chi connectivity index (χ4n) is 2.18. The van der Waals surface area contributed by atoms with Gasteiger partial charge in [-0.15, -0.1) is 11.3 Å². The summed E-state index contributed by atoms with van der Waals surface area (Å²) >= 11 is 18.7. The summed E-state index contributed by atoms with van der Waals surface area (Å²) in [7, 11) is 0. The Kier molecular flexibility index (Phi) is 5.05. The van der Waals surface area contributed by atoms with E-state index in [1.54, 1.807) is 29.7 Å². The standard InChI is InChI=1S/C15H12Cl2N4OS2/c1-8(14(22)18-9-4-5-10(16)11(17)7-9)21-13(19-20-15(21)23)12-3-2-6-24-12/h2-8H,1H3,(H,18,22)(H,20,23)/t8-/m1/s1. The maximum absolute atomic E-state index is 12.6. The van der Waals surface area contributed by atoms with E-state index in [-0.39, 0.29) is 5.91 Å². The summed E-state index contributed by atoms with van der Waals surface area (Å²) in [5.74, 6) is 0.399. The van der Waals surface area contributed by atoms with E-state index < -0.39 is 6.04 Å². The molecule has 0 spiro atoms. The number of thiophene rings is 1. The summed E-state index contributed by atoms with van der Waals surface area (Å²) in [6, 6.07) is 8.21. The molecule has 3 aromatic rings. The highest BCUT2D eigenvalue weighted by atomic mass is 35.5. The quantitative estimate of drug-likeness (QED) is 0.595. The number of hydrogen-bond donors (Lipinski definition) is 2. The second kappa shape index (κ2) is 7.06. The highest BCUT2D eigenvalue weighted by Gasteiger charge is 2.21. The van der Waals surface area contributed by atoms with E-state index in [9.17, 15) is 4.79 Å². The lowest BCUT2D eigenvalue weighted by Crippen LogP contribution is -2.24. The summed E-state index contributed by atoms with van der Waals surface area (Å²) in [6.45, 7) is 1.76. The van der Waals surface area contributed by atoms with E-state index >= 15 is 0 Å². The SMILES string of the molecule is C[C@H](C(=O)Nc1ccc(Cl)c(Cl)c1)n1c(-c2cccs2)n[nH]c1=S. The van der Waals surface area contributed by atoms with Crippen LogP contribution in [0.1, 0.15) is 13.0 Å². The minimum Gasteiger partial charge on any atom is -0.324 e. The van der Waals surface area contributed by atoms with Crippen molar-refractivity contribution in [1.82, 2.24) is 14.8 Å². The zero-order valence-electron chi connectivity index (χ0n) is 12.4. The average Bonchev–Trinajstić information content (AvgIpc) is 3.19. The van der Waals surface area contributed by atoms with Crippen molar-refractivity contribution in [2.45, 2.75) is 13.0 Å². The smallest absolute Gasteiger partial charge is 0.247 e. The van der Waals surface area contributed by atoms with E-state index in [2.05, 4.69) is 15.5 Å². The fourth-order valence-corrected chi connectivity index (χ4v) is 3.48. The molecule has 9 heteroatoms. The molecule has 2 N–H and O–H groups in total. The van der Waals surface area contributed by atoms with Gasteiger partial charge in [0, 0.05) is 5.69 Å². The van der Waals surface area contributed by atoms with Crippen molar-refractivity contribution in [3.8, 4) is 10.7 Å². The Balaban J connectivity index is 1.88. The zero-order valence-corrected chi connectivity index (χ0v) is 15.6. The molecule has 124 valence electrons. The molecule has 0 aliphatic carbocycles. The number of aromatic amines is 1. The molecule has 1 aromatic carbocycles. The molecule has 0 bridgehead atoms. The molecular weight excluding hydrogens is 387 g/mol. The Morgan fingerprint density at radius 1 is 1.38 bits per heavy atom. The number of rotatable bonds is 4. The van der Waals surface area contributed by atoms with Crippen molar-refractivity contribution in [2.24, 2.45) is 0 Å². The third-order valence-corrected chi connectivity index (χ3v) is 5.29. The molecule has 0 saturated carbocycles. The number of amides is 1. The summed E-state index contributed by atoms with van der Waals surface area (Å²) in [6.07, 6.45) is 0. The molecule has 2 heterocycles. The van der Waals surface area contributed by atoms with E-state index in [1.165, 1.54) is 11.3 Å². The molecule has 0 aliphatic heterocycles. The number of aromatic nitrogens is 3. The van der Waals surface area contributed by atoms with E-state index in [0.717, 1.165) is 4.88 Å². The number of anilines is 1. The number of benzene rings is 1. The van der Waals surface area contributed by atoms with Crippen LogP contribution in [0.25, 0.3) is 10.7 Å². The lowest BCUT2D eigenvalue weighted by Gasteiger charge is -2.15. The fraction of sp³-hybridized carbons (Fsp3) is 0.133. The first-order chi connectivity index (χ1) is 11.5. The van der Waals surface area contributed by atoms with Gasteiger partial charge in [-0.25, -0.2) is 0 Å². The van der Waals surface area contributed by atoms with Crippen molar-refractivity contribution >= 4 is 58.4 Å². The second-order valence-corrected chi connectivity index (χ2v) is 7.14. The number of carbonyl (C=O) groups excluding carboxylic acids is 1. The number of hydrogen-bond acceptors (Lipinski definition) is 4. The molecule has 0 unspecified atom stereocenters. The van der Waals surface area contributed by atoms with Crippen LogP contribution in [0.2, 0.25) is 10.0 Å². The van der Waals surface area contributed by atoms with Gasteiger partial charge in [-0.05, 0) is 48.8 Å². The second-order valence-electron chi connectivity index (χ2n) is 4.99. The molecule has 0 aliphatic rings. The van der Waals surface area contributed by atoms with Crippen LogP contribution in [0.15, 0.2) is 35.7 Å². The Hall–Kier alpha value is -1.67. The van der Waals surface area contributed by atoms with Crippen molar-refractivity contribution in [2.75, 3.05) is 5.32 Å². The van der Waals surface area contributed by atoms with Crippen LogP contribution in [0.5, 0.6) is 0 Å². The highest BCUT2D eigenvalue weighted by molar-refractivity contribution is 7.71. The van der Waals surface area contributed by atoms with Crippen LogP contribution >= 0.6 is 46.8 Å². The molecule has 24 heavy (non-hydrogen) atoms.